The van der Waals surface area contributed by atoms with Gasteiger partial charge in [0.25, 0.3) is 5.69 Å². The molecule has 1 N–H and O–H groups in total. The summed E-state index contributed by atoms with van der Waals surface area (Å²) in [6.45, 7) is 6.57. The van der Waals surface area contributed by atoms with Gasteiger partial charge in [0.1, 0.15) is 5.54 Å². The summed E-state index contributed by atoms with van der Waals surface area (Å²) in [5.41, 5.74) is -1.53. The van der Waals surface area contributed by atoms with Gasteiger partial charge in [-0.15, -0.1) is 0 Å². The Bertz CT molecular complexity index is 553. The summed E-state index contributed by atoms with van der Waals surface area (Å²) >= 11 is 11.7. The maximum atomic E-state index is 11.9. The van der Waals surface area contributed by atoms with Crippen molar-refractivity contribution in [3.63, 3.8) is 0 Å². The molecule has 0 aliphatic carbocycles. The number of nitro groups is 1. The van der Waals surface area contributed by atoms with Crippen LogP contribution in [0.2, 0.25) is 10.0 Å². The highest BCUT2D eigenvalue weighted by Gasteiger charge is 2.31. The molecule has 6 nitrogen and oxygen atoms in total. The fourth-order valence-corrected chi connectivity index (χ4v) is 1.80. The molecule has 0 saturated carbocycles. The number of carbonyl (C=O) groups is 1. The Labute approximate surface area is 137 Å². The molecule has 22 heavy (non-hydrogen) atoms. The third-order valence-corrected chi connectivity index (χ3v) is 3.50. The topological polar surface area (TPSA) is 81.5 Å². The molecule has 0 heterocycles. The molecule has 124 valence electrons. The molecule has 0 aliphatic heterocycles. The van der Waals surface area contributed by atoms with Crippen LogP contribution in [0.25, 0.3) is 0 Å². The van der Waals surface area contributed by atoms with Gasteiger partial charge in [-0.25, -0.2) is 4.79 Å². The predicted molar refractivity (Wildman–Crippen MR) is 82.6 cm³/mol. The van der Waals surface area contributed by atoms with Crippen molar-refractivity contribution >= 4 is 34.9 Å². The SMILES string of the molecule is CC.CC(C)(NCc1c([N+](=O)[O-])ccc(Cl)c1Cl)C(=O)OF. The summed E-state index contributed by atoms with van der Waals surface area (Å²) in [6, 6.07) is 2.50. The third-order valence-electron chi connectivity index (χ3n) is 2.66. The van der Waals surface area contributed by atoms with Crippen LogP contribution in [-0.4, -0.2) is 16.4 Å². The highest BCUT2D eigenvalue weighted by molar-refractivity contribution is 6.42. The lowest BCUT2D eigenvalue weighted by Crippen LogP contribution is -2.46. The summed E-state index contributed by atoms with van der Waals surface area (Å²) in [7, 11) is 0. The molecule has 0 bridgehead atoms. The smallest absolute Gasteiger partial charge is 0.298 e. The van der Waals surface area contributed by atoms with Crippen molar-refractivity contribution in [1.29, 1.82) is 0 Å². The van der Waals surface area contributed by atoms with Crippen molar-refractivity contribution in [1.82, 2.24) is 5.32 Å². The Hall–Kier alpha value is -1.44. The first kappa shape index (κ1) is 20.6. The number of halogens is 3. The summed E-state index contributed by atoms with van der Waals surface area (Å²) in [5, 5.41) is 13.7. The zero-order valence-corrected chi connectivity index (χ0v) is 14.1. The molecular weight excluding hydrogens is 338 g/mol. The maximum Gasteiger partial charge on any atom is 0.368 e. The van der Waals surface area contributed by atoms with Crippen LogP contribution in [0.3, 0.4) is 0 Å². The summed E-state index contributed by atoms with van der Waals surface area (Å²) in [6.07, 6.45) is 0. The molecule has 1 aromatic rings. The van der Waals surface area contributed by atoms with Gasteiger partial charge >= 0.3 is 5.97 Å². The van der Waals surface area contributed by atoms with Crippen molar-refractivity contribution in [2.24, 2.45) is 0 Å². The van der Waals surface area contributed by atoms with E-state index >= 15 is 0 Å². The number of nitrogens with zero attached hydrogens (tertiary/aromatic N) is 1. The Morgan fingerprint density at radius 2 is 1.95 bits per heavy atom. The van der Waals surface area contributed by atoms with Gasteiger partial charge in [0.05, 0.1) is 20.5 Å². The van der Waals surface area contributed by atoms with Gasteiger partial charge in [-0.05, 0) is 19.9 Å². The average molecular weight is 355 g/mol. The van der Waals surface area contributed by atoms with Crippen LogP contribution in [0.5, 0.6) is 0 Å². The lowest BCUT2D eigenvalue weighted by Gasteiger charge is -2.21. The standard InChI is InChI=1S/C11H11Cl2FN2O4.C2H6/c1-11(2,10(17)20-14)15-5-6-8(16(18)19)4-3-7(12)9(6)13;1-2/h3-4,15H,5H2,1-2H3;1-2H3. The van der Waals surface area contributed by atoms with E-state index in [0.717, 1.165) is 0 Å². The van der Waals surface area contributed by atoms with Gasteiger partial charge in [0.2, 0.25) is 0 Å². The lowest BCUT2D eigenvalue weighted by molar-refractivity contribution is -0.385. The lowest BCUT2D eigenvalue weighted by atomic mass is 10.1. The number of benzene rings is 1. The van der Waals surface area contributed by atoms with E-state index in [0.29, 0.717) is 0 Å². The number of hydrogen-bond donors (Lipinski definition) is 1. The van der Waals surface area contributed by atoms with Gasteiger partial charge < -0.3 is 0 Å². The molecule has 0 amide bonds. The Balaban J connectivity index is 0.00000211. The second kappa shape index (κ2) is 8.87. The van der Waals surface area contributed by atoms with Crippen LogP contribution < -0.4 is 5.32 Å². The average Bonchev–Trinajstić information content (AvgIpc) is 2.49. The molecule has 0 unspecified atom stereocenters. The van der Waals surface area contributed by atoms with E-state index in [4.69, 9.17) is 23.2 Å². The monoisotopic (exact) mass is 354 g/mol. The highest BCUT2D eigenvalue weighted by atomic mass is 35.5. The molecule has 0 aliphatic rings. The van der Waals surface area contributed by atoms with Crippen molar-refractivity contribution in [3.8, 4) is 0 Å². The van der Waals surface area contributed by atoms with Crippen LogP contribution >= 0.6 is 23.2 Å². The first-order valence-corrected chi connectivity index (χ1v) is 7.15. The van der Waals surface area contributed by atoms with Crippen molar-refractivity contribution < 1.29 is 19.2 Å². The number of nitro benzene ring substituents is 1. The van der Waals surface area contributed by atoms with E-state index in [1.165, 1.54) is 26.0 Å². The highest BCUT2D eigenvalue weighted by Crippen LogP contribution is 2.33. The number of rotatable bonds is 5. The fraction of sp³-hybridized carbons (Fsp3) is 0.462. The second-order valence-corrected chi connectivity index (χ2v) is 5.24. The van der Waals surface area contributed by atoms with Crippen LogP contribution in [-0.2, 0) is 16.3 Å². The minimum absolute atomic E-state index is 0.00205. The maximum absolute atomic E-state index is 11.9. The summed E-state index contributed by atoms with van der Waals surface area (Å²) in [5.74, 6) is -1.15. The van der Waals surface area contributed by atoms with Gasteiger partial charge in [-0.1, -0.05) is 37.0 Å². The van der Waals surface area contributed by atoms with Crippen LogP contribution in [0, 0.1) is 10.1 Å². The fourth-order valence-electron chi connectivity index (χ4n) is 1.40. The van der Waals surface area contributed by atoms with Gasteiger partial charge in [-0.3, -0.25) is 20.4 Å². The first-order chi connectivity index (χ1) is 10.2. The molecule has 1 rings (SSSR count). The molecular formula is C13H17Cl2FN2O4. The molecule has 9 heteroatoms. The zero-order chi connectivity index (χ0) is 17.5. The first-order valence-electron chi connectivity index (χ1n) is 6.40. The van der Waals surface area contributed by atoms with E-state index in [1.807, 2.05) is 13.8 Å². The normalized spacial score (nSPS) is 10.5. The Kier molecular flexibility index (Phi) is 8.29. The minimum Gasteiger partial charge on any atom is -0.298 e. The second-order valence-electron chi connectivity index (χ2n) is 4.46. The quantitative estimate of drug-likeness (QED) is 0.632. The van der Waals surface area contributed by atoms with E-state index < -0.39 is 16.4 Å². The van der Waals surface area contributed by atoms with Crippen molar-refractivity contribution in [2.45, 2.75) is 39.8 Å². The largest absolute Gasteiger partial charge is 0.368 e. The van der Waals surface area contributed by atoms with E-state index in [1.54, 1.807) is 0 Å². The Morgan fingerprint density at radius 1 is 1.41 bits per heavy atom. The summed E-state index contributed by atoms with van der Waals surface area (Å²) in [4.78, 5) is 24.6. The van der Waals surface area contributed by atoms with Crippen LogP contribution in [0.1, 0.15) is 33.3 Å². The van der Waals surface area contributed by atoms with E-state index in [9.17, 15) is 19.4 Å². The van der Waals surface area contributed by atoms with E-state index in [-0.39, 0.29) is 27.8 Å². The number of nitrogens with one attached hydrogen (secondary N) is 1. The summed E-state index contributed by atoms with van der Waals surface area (Å²) < 4.78 is 11.9. The van der Waals surface area contributed by atoms with Crippen molar-refractivity contribution in [2.75, 3.05) is 0 Å². The van der Waals surface area contributed by atoms with Crippen LogP contribution in [0.4, 0.5) is 10.2 Å². The molecule has 0 aromatic heterocycles. The van der Waals surface area contributed by atoms with Gasteiger partial charge in [0.15, 0.2) is 0 Å². The molecule has 0 spiro atoms. The molecule has 0 fully saturated rings. The van der Waals surface area contributed by atoms with Crippen molar-refractivity contribution in [3.05, 3.63) is 37.9 Å². The Morgan fingerprint density at radius 3 is 2.41 bits per heavy atom. The molecule has 0 atom stereocenters. The molecule has 0 saturated heterocycles. The zero-order valence-electron chi connectivity index (χ0n) is 12.6. The number of hydrogen-bond acceptors (Lipinski definition) is 5. The number of carbonyl (C=O) groups excluding carboxylic acids is 1. The minimum atomic E-state index is -1.38. The van der Waals surface area contributed by atoms with Gasteiger partial charge in [-0.2, -0.15) is 0 Å². The van der Waals surface area contributed by atoms with Crippen LogP contribution in [0.15, 0.2) is 12.1 Å². The predicted octanol–water partition coefficient (Wildman–Crippen LogP) is 4.22. The third kappa shape index (κ3) is 5.08. The van der Waals surface area contributed by atoms with Gasteiger partial charge in [0, 0.05) is 17.1 Å². The molecule has 0 radical (unpaired) electrons. The molecule has 1 aromatic carbocycles. The van der Waals surface area contributed by atoms with E-state index in [2.05, 4.69) is 10.3 Å².